The molecule has 140 valence electrons. The summed E-state index contributed by atoms with van der Waals surface area (Å²) in [5.74, 6) is -0.157. The molecular weight excluding hydrogens is 323 g/mol. The van der Waals surface area contributed by atoms with E-state index in [9.17, 15) is 9.18 Å². The zero-order chi connectivity index (χ0) is 18.1. The smallest absolute Gasteiger partial charge is 0.251 e. The Balaban J connectivity index is 1.97. The van der Waals surface area contributed by atoms with Crippen LogP contribution in [0.2, 0.25) is 0 Å². The third-order valence-corrected chi connectivity index (χ3v) is 4.79. The third-order valence-electron chi connectivity index (χ3n) is 4.79. The van der Waals surface area contributed by atoms with Crippen molar-refractivity contribution in [2.45, 2.75) is 44.8 Å². The van der Waals surface area contributed by atoms with Crippen molar-refractivity contribution in [3.8, 4) is 0 Å². The van der Waals surface area contributed by atoms with Gasteiger partial charge in [-0.3, -0.25) is 4.79 Å². The summed E-state index contributed by atoms with van der Waals surface area (Å²) in [4.78, 5) is 12.5. The maximum absolute atomic E-state index is 13.9. The molecule has 1 aliphatic carbocycles. The van der Waals surface area contributed by atoms with Crippen molar-refractivity contribution < 1.29 is 18.7 Å². The molecule has 1 saturated carbocycles. The Morgan fingerprint density at radius 2 is 2.08 bits per heavy atom. The molecule has 0 bridgehead atoms. The standard InChI is InChI=1S/C19H29FN2O3/c1-24-9-10-25-13-16-11-15(7-8-17(16)20)19(23)22-18(12-21)14-5-3-2-4-6-14/h7-8,11,14,18H,2-6,9-10,12-13,21H2,1H3,(H,22,23). The van der Waals surface area contributed by atoms with Crippen molar-refractivity contribution in [1.82, 2.24) is 5.32 Å². The summed E-state index contributed by atoms with van der Waals surface area (Å²) in [6, 6.07) is 4.32. The van der Waals surface area contributed by atoms with Crippen molar-refractivity contribution >= 4 is 5.91 Å². The molecule has 0 aliphatic heterocycles. The number of nitrogens with two attached hydrogens (primary N) is 1. The molecule has 1 aromatic rings. The highest BCUT2D eigenvalue weighted by atomic mass is 19.1. The summed E-state index contributed by atoms with van der Waals surface area (Å²) in [5.41, 5.74) is 6.67. The molecule has 1 aromatic carbocycles. The Morgan fingerprint density at radius 1 is 1.32 bits per heavy atom. The van der Waals surface area contributed by atoms with Crippen LogP contribution >= 0.6 is 0 Å². The fraction of sp³-hybridized carbons (Fsp3) is 0.632. The average molecular weight is 352 g/mol. The monoisotopic (exact) mass is 352 g/mol. The number of carbonyl (C=O) groups excluding carboxylic acids is 1. The SMILES string of the molecule is COCCOCc1cc(C(=O)NC(CN)C2CCCCC2)ccc1F. The summed E-state index contributed by atoms with van der Waals surface area (Å²) in [6.45, 7) is 1.36. The van der Waals surface area contributed by atoms with Gasteiger partial charge in [0.25, 0.3) is 5.91 Å². The predicted octanol–water partition coefficient (Wildman–Crippen LogP) is 2.63. The molecule has 0 heterocycles. The fourth-order valence-corrected chi connectivity index (χ4v) is 3.31. The molecule has 1 atom stereocenters. The first-order valence-electron chi connectivity index (χ1n) is 9.01. The topological polar surface area (TPSA) is 73.6 Å². The van der Waals surface area contributed by atoms with E-state index < -0.39 is 0 Å². The quantitative estimate of drug-likeness (QED) is 0.670. The van der Waals surface area contributed by atoms with E-state index in [1.807, 2.05) is 0 Å². The van der Waals surface area contributed by atoms with Gasteiger partial charge in [0.05, 0.1) is 19.8 Å². The highest BCUT2D eigenvalue weighted by Gasteiger charge is 2.24. The minimum atomic E-state index is -0.378. The molecule has 5 nitrogen and oxygen atoms in total. The van der Waals surface area contributed by atoms with Crippen LogP contribution in [0.3, 0.4) is 0 Å². The molecule has 1 aliphatic rings. The summed E-state index contributed by atoms with van der Waals surface area (Å²) in [7, 11) is 1.58. The van der Waals surface area contributed by atoms with E-state index in [0.717, 1.165) is 12.8 Å². The molecule has 1 amide bonds. The van der Waals surface area contributed by atoms with Crippen LogP contribution < -0.4 is 11.1 Å². The van der Waals surface area contributed by atoms with Gasteiger partial charge in [-0.15, -0.1) is 0 Å². The number of rotatable bonds is 9. The highest BCUT2D eigenvalue weighted by Crippen LogP contribution is 2.26. The molecule has 1 unspecified atom stereocenters. The molecule has 2 rings (SSSR count). The predicted molar refractivity (Wildman–Crippen MR) is 94.8 cm³/mol. The molecular formula is C19H29FN2O3. The normalized spacial score (nSPS) is 16.6. The second-order valence-electron chi connectivity index (χ2n) is 6.57. The Hall–Kier alpha value is -1.50. The van der Waals surface area contributed by atoms with Crippen LogP contribution in [0.25, 0.3) is 0 Å². The van der Waals surface area contributed by atoms with E-state index in [4.69, 9.17) is 15.2 Å². The summed E-state index contributed by atoms with van der Waals surface area (Å²) in [6.07, 6.45) is 5.84. The van der Waals surface area contributed by atoms with Crippen LogP contribution in [-0.4, -0.2) is 38.8 Å². The van der Waals surface area contributed by atoms with Crippen molar-refractivity contribution in [2.24, 2.45) is 11.7 Å². The third kappa shape index (κ3) is 6.06. The first-order chi connectivity index (χ1) is 12.2. The van der Waals surface area contributed by atoms with Gasteiger partial charge in [0.2, 0.25) is 0 Å². The number of hydrogen-bond acceptors (Lipinski definition) is 4. The number of carbonyl (C=O) groups is 1. The summed E-state index contributed by atoms with van der Waals surface area (Å²) in [5, 5.41) is 3.03. The van der Waals surface area contributed by atoms with Gasteiger partial charge in [0.1, 0.15) is 5.82 Å². The number of benzene rings is 1. The van der Waals surface area contributed by atoms with Gasteiger partial charge in [-0.25, -0.2) is 4.39 Å². The molecule has 25 heavy (non-hydrogen) atoms. The van der Waals surface area contributed by atoms with Crippen LogP contribution in [0.1, 0.15) is 48.0 Å². The Bertz CT molecular complexity index is 547. The number of halogens is 1. The molecule has 1 fully saturated rings. The average Bonchev–Trinajstić information content (AvgIpc) is 2.65. The van der Waals surface area contributed by atoms with Gasteiger partial charge in [-0.05, 0) is 37.0 Å². The van der Waals surface area contributed by atoms with Crippen LogP contribution in [0.4, 0.5) is 4.39 Å². The van der Waals surface area contributed by atoms with E-state index in [1.54, 1.807) is 13.2 Å². The number of amides is 1. The van der Waals surface area contributed by atoms with E-state index in [2.05, 4.69) is 5.32 Å². The number of methoxy groups -OCH3 is 1. The van der Waals surface area contributed by atoms with E-state index in [-0.39, 0.29) is 24.4 Å². The second-order valence-corrected chi connectivity index (χ2v) is 6.57. The van der Waals surface area contributed by atoms with E-state index in [0.29, 0.717) is 36.8 Å². The van der Waals surface area contributed by atoms with Gasteiger partial charge in [-0.1, -0.05) is 19.3 Å². The lowest BCUT2D eigenvalue weighted by Crippen LogP contribution is -2.45. The minimum absolute atomic E-state index is 0.0285. The molecule has 0 spiro atoms. The van der Waals surface area contributed by atoms with E-state index >= 15 is 0 Å². The largest absolute Gasteiger partial charge is 0.382 e. The number of hydrogen-bond donors (Lipinski definition) is 2. The maximum atomic E-state index is 13.9. The van der Waals surface area contributed by atoms with Gasteiger partial charge in [0, 0.05) is 30.8 Å². The van der Waals surface area contributed by atoms with Crippen molar-refractivity contribution in [2.75, 3.05) is 26.9 Å². The minimum Gasteiger partial charge on any atom is -0.382 e. The highest BCUT2D eigenvalue weighted by molar-refractivity contribution is 5.94. The lowest BCUT2D eigenvalue weighted by atomic mass is 9.84. The Labute approximate surface area is 149 Å². The molecule has 0 aromatic heterocycles. The lowest BCUT2D eigenvalue weighted by molar-refractivity contribution is 0.0603. The van der Waals surface area contributed by atoms with Crippen LogP contribution in [-0.2, 0) is 16.1 Å². The van der Waals surface area contributed by atoms with E-state index in [1.165, 1.54) is 31.4 Å². The Morgan fingerprint density at radius 3 is 2.76 bits per heavy atom. The maximum Gasteiger partial charge on any atom is 0.251 e. The molecule has 3 N–H and O–H groups in total. The second kappa shape index (κ2) is 10.5. The number of nitrogens with one attached hydrogen (secondary N) is 1. The fourth-order valence-electron chi connectivity index (χ4n) is 3.31. The van der Waals surface area contributed by atoms with Gasteiger partial charge < -0.3 is 20.5 Å². The van der Waals surface area contributed by atoms with Crippen LogP contribution in [0, 0.1) is 11.7 Å². The lowest BCUT2D eigenvalue weighted by Gasteiger charge is -2.30. The summed E-state index contributed by atoms with van der Waals surface area (Å²) >= 11 is 0. The van der Waals surface area contributed by atoms with Gasteiger partial charge in [-0.2, -0.15) is 0 Å². The molecule has 0 saturated heterocycles. The van der Waals surface area contributed by atoms with Crippen molar-refractivity contribution in [3.63, 3.8) is 0 Å². The molecule has 0 radical (unpaired) electrons. The Kier molecular flexibility index (Phi) is 8.31. The van der Waals surface area contributed by atoms with Gasteiger partial charge >= 0.3 is 0 Å². The summed E-state index contributed by atoms with van der Waals surface area (Å²) < 4.78 is 24.1. The first kappa shape index (κ1) is 19.8. The van der Waals surface area contributed by atoms with Gasteiger partial charge in [0.15, 0.2) is 0 Å². The van der Waals surface area contributed by atoms with Crippen molar-refractivity contribution in [3.05, 3.63) is 35.1 Å². The van der Waals surface area contributed by atoms with Crippen LogP contribution in [0.15, 0.2) is 18.2 Å². The first-order valence-corrected chi connectivity index (χ1v) is 9.01. The van der Waals surface area contributed by atoms with Crippen LogP contribution in [0.5, 0.6) is 0 Å². The number of ether oxygens (including phenoxy) is 2. The van der Waals surface area contributed by atoms with Crippen molar-refractivity contribution in [1.29, 1.82) is 0 Å². The molecule has 6 heteroatoms. The zero-order valence-corrected chi connectivity index (χ0v) is 14.9. The zero-order valence-electron chi connectivity index (χ0n) is 14.9.